The molecule has 2 rings (SSSR count). The summed E-state index contributed by atoms with van der Waals surface area (Å²) in [6, 6.07) is 8.70. The lowest BCUT2D eigenvalue weighted by molar-refractivity contribution is 0.232. The van der Waals surface area contributed by atoms with Crippen LogP contribution < -0.4 is 10.6 Å². The number of nitrogens with zero attached hydrogens (tertiary/aromatic N) is 3. The quantitative estimate of drug-likeness (QED) is 0.346. The first kappa shape index (κ1) is 23.2. The van der Waals surface area contributed by atoms with Crippen LogP contribution in [0.2, 0.25) is 0 Å². The van der Waals surface area contributed by atoms with E-state index < -0.39 is 0 Å². The number of aliphatic imine (C=N–C) groups is 1. The highest BCUT2D eigenvalue weighted by atomic mass is 127. The van der Waals surface area contributed by atoms with Crippen molar-refractivity contribution in [3.63, 3.8) is 0 Å². The highest BCUT2D eigenvalue weighted by Crippen LogP contribution is 2.09. The Bertz CT molecular complexity index is 527. The Balaban J connectivity index is 0.00000338. The highest BCUT2D eigenvalue weighted by Gasteiger charge is 2.09. The van der Waals surface area contributed by atoms with E-state index in [0.29, 0.717) is 6.54 Å². The Hall–Kier alpha value is -0.860. The van der Waals surface area contributed by atoms with Crippen molar-refractivity contribution in [2.24, 2.45) is 4.99 Å². The molecule has 2 N–H and O–H groups in total. The summed E-state index contributed by atoms with van der Waals surface area (Å²) < 4.78 is 0. The van der Waals surface area contributed by atoms with Crippen molar-refractivity contribution in [2.75, 3.05) is 46.8 Å². The van der Waals surface area contributed by atoms with Crippen LogP contribution in [0, 0.1) is 0 Å². The Morgan fingerprint density at radius 2 is 1.85 bits per heavy atom. The van der Waals surface area contributed by atoms with Gasteiger partial charge in [-0.25, -0.2) is 4.99 Å². The first-order chi connectivity index (χ1) is 12.2. The molecule has 1 aliphatic rings. The van der Waals surface area contributed by atoms with Crippen molar-refractivity contribution >= 4 is 29.9 Å². The molecule has 5 nitrogen and oxygen atoms in total. The average molecular weight is 473 g/mol. The fourth-order valence-electron chi connectivity index (χ4n) is 3.22. The molecule has 148 valence electrons. The maximum Gasteiger partial charge on any atom is 0.191 e. The first-order valence-corrected chi connectivity index (χ1v) is 9.64. The predicted octanol–water partition coefficient (Wildman–Crippen LogP) is 2.91. The van der Waals surface area contributed by atoms with Gasteiger partial charge in [0.15, 0.2) is 5.96 Å². The summed E-state index contributed by atoms with van der Waals surface area (Å²) in [4.78, 5) is 9.48. The molecule has 0 saturated carbocycles. The fraction of sp³-hybridized carbons (Fsp3) is 0.650. The highest BCUT2D eigenvalue weighted by molar-refractivity contribution is 14.0. The largest absolute Gasteiger partial charge is 0.357 e. The van der Waals surface area contributed by atoms with Crippen LogP contribution in [0.3, 0.4) is 0 Å². The van der Waals surface area contributed by atoms with E-state index in [9.17, 15) is 0 Å². The number of hydrogen-bond acceptors (Lipinski definition) is 3. The molecule has 0 atom stereocenters. The minimum Gasteiger partial charge on any atom is -0.357 e. The molecule has 0 radical (unpaired) electrons. The maximum absolute atomic E-state index is 4.75. The molecule has 0 aromatic heterocycles. The van der Waals surface area contributed by atoms with Crippen LogP contribution in [0.1, 0.15) is 37.3 Å². The molecule has 1 aromatic rings. The molecule has 1 aromatic carbocycles. The number of nitrogens with one attached hydrogen (secondary N) is 2. The molecule has 1 saturated heterocycles. The molecular formula is C20H36IN5. The van der Waals surface area contributed by atoms with Gasteiger partial charge in [-0.2, -0.15) is 0 Å². The van der Waals surface area contributed by atoms with Gasteiger partial charge in [-0.1, -0.05) is 30.7 Å². The van der Waals surface area contributed by atoms with Crippen LogP contribution in [0.15, 0.2) is 29.3 Å². The second-order valence-electron chi connectivity index (χ2n) is 7.08. The minimum atomic E-state index is 0. The monoisotopic (exact) mass is 473 g/mol. The van der Waals surface area contributed by atoms with E-state index in [1.165, 1.54) is 43.5 Å². The zero-order valence-corrected chi connectivity index (χ0v) is 19.0. The first-order valence-electron chi connectivity index (χ1n) is 9.64. The van der Waals surface area contributed by atoms with Gasteiger partial charge in [0.25, 0.3) is 0 Å². The number of likely N-dealkylation sites (tertiary alicyclic amines) is 1. The second-order valence-corrected chi connectivity index (χ2v) is 7.08. The van der Waals surface area contributed by atoms with Gasteiger partial charge >= 0.3 is 0 Å². The van der Waals surface area contributed by atoms with Crippen LogP contribution in [-0.4, -0.2) is 62.6 Å². The van der Waals surface area contributed by atoms with Crippen LogP contribution >= 0.6 is 24.0 Å². The van der Waals surface area contributed by atoms with Gasteiger partial charge in [-0.15, -0.1) is 24.0 Å². The van der Waals surface area contributed by atoms with E-state index in [0.717, 1.165) is 32.1 Å². The molecule has 1 fully saturated rings. The molecule has 0 unspecified atom stereocenters. The summed E-state index contributed by atoms with van der Waals surface area (Å²) in [6.45, 7) is 9.21. The lowest BCUT2D eigenvalue weighted by atomic mass is 10.1. The van der Waals surface area contributed by atoms with Crippen molar-refractivity contribution < 1.29 is 0 Å². The third kappa shape index (κ3) is 9.19. The van der Waals surface area contributed by atoms with Crippen LogP contribution in [0.25, 0.3) is 0 Å². The summed E-state index contributed by atoms with van der Waals surface area (Å²) in [7, 11) is 4.20. The van der Waals surface area contributed by atoms with Crippen LogP contribution in [-0.2, 0) is 13.1 Å². The van der Waals surface area contributed by atoms with Crippen molar-refractivity contribution in [1.82, 2.24) is 20.4 Å². The standard InChI is InChI=1S/C20H35N5.HI/c1-4-21-20(22-11-14-25-12-6-5-7-13-25)23-16-18-9-8-10-19(15-18)17-24(2)3;/h8-10,15H,4-7,11-14,16-17H2,1-3H3,(H2,21,22,23);1H. The molecule has 1 heterocycles. The van der Waals surface area contributed by atoms with Crippen LogP contribution in [0.5, 0.6) is 0 Å². The molecule has 0 amide bonds. The van der Waals surface area contributed by atoms with Gasteiger partial charge in [0.2, 0.25) is 0 Å². The number of guanidine groups is 1. The van der Waals surface area contributed by atoms with E-state index in [1.54, 1.807) is 0 Å². The summed E-state index contributed by atoms with van der Waals surface area (Å²) >= 11 is 0. The SMILES string of the molecule is CCNC(=NCc1cccc(CN(C)C)c1)NCCN1CCCCC1.I. The fourth-order valence-corrected chi connectivity index (χ4v) is 3.22. The van der Waals surface area contributed by atoms with Crippen molar-refractivity contribution in [1.29, 1.82) is 0 Å². The second kappa shape index (κ2) is 13.3. The van der Waals surface area contributed by atoms with Crippen LogP contribution in [0.4, 0.5) is 0 Å². The van der Waals surface area contributed by atoms with E-state index in [1.807, 2.05) is 0 Å². The Morgan fingerprint density at radius 3 is 2.54 bits per heavy atom. The molecule has 1 aliphatic heterocycles. The molecule has 26 heavy (non-hydrogen) atoms. The third-order valence-corrected chi connectivity index (χ3v) is 4.42. The summed E-state index contributed by atoms with van der Waals surface area (Å²) in [5.41, 5.74) is 2.59. The number of piperidine rings is 1. The number of hydrogen-bond donors (Lipinski definition) is 2. The van der Waals surface area contributed by atoms with E-state index in [-0.39, 0.29) is 24.0 Å². The van der Waals surface area contributed by atoms with E-state index >= 15 is 0 Å². The lowest BCUT2D eigenvalue weighted by Crippen LogP contribution is -2.42. The summed E-state index contributed by atoms with van der Waals surface area (Å²) in [6.07, 6.45) is 4.08. The molecule has 0 spiro atoms. The Kier molecular flexibility index (Phi) is 11.9. The number of halogens is 1. The lowest BCUT2D eigenvalue weighted by Gasteiger charge is -2.26. The predicted molar refractivity (Wildman–Crippen MR) is 122 cm³/mol. The van der Waals surface area contributed by atoms with Gasteiger partial charge in [-0.05, 0) is 58.1 Å². The average Bonchev–Trinajstić information content (AvgIpc) is 2.60. The van der Waals surface area contributed by atoms with Gasteiger partial charge in [0.1, 0.15) is 0 Å². The number of benzene rings is 1. The minimum absolute atomic E-state index is 0. The molecular weight excluding hydrogens is 437 g/mol. The summed E-state index contributed by atoms with van der Waals surface area (Å²) in [5.74, 6) is 0.914. The topological polar surface area (TPSA) is 42.9 Å². The van der Waals surface area contributed by atoms with Crippen molar-refractivity contribution in [3.05, 3.63) is 35.4 Å². The van der Waals surface area contributed by atoms with E-state index in [2.05, 4.69) is 65.7 Å². The molecule has 0 bridgehead atoms. The van der Waals surface area contributed by atoms with Gasteiger partial charge in [-0.3, -0.25) is 0 Å². The normalized spacial score (nSPS) is 15.6. The Morgan fingerprint density at radius 1 is 1.12 bits per heavy atom. The van der Waals surface area contributed by atoms with Gasteiger partial charge in [0, 0.05) is 26.2 Å². The van der Waals surface area contributed by atoms with Crippen molar-refractivity contribution in [3.8, 4) is 0 Å². The maximum atomic E-state index is 4.75. The Labute approximate surface area is 176 Å². The number of rotatable bonds is 8. The van der Waals surface area contributed by atoms with Gasteiger partial charge in [0.05, 0.1) is 6.54 Å². The van der Waals surface area contributed by atoms with E-state index in [4.69, 9.17) is 4.99 Å². The zero-order chi connectivity index (χ0) is 17.9. The molecule has 6 heteroatoms. The van der Waals surface area contributed by atoms with Crippen molar-refractivity contribution in [2.45, 2.75) is 39.3 Å². The summed E-state index contributed by atoms with van der Waals surface area (Å²) in [5, 5.41) is 6.82. The van der Waals surface area contributed by atoms with Gasteiger partial charge < -0.3 is 20.4 Å². The third-order valence-electron chi connectivity index (χ3n) is 4.42. The molecule has 0 aliphatic carbocycles. The zero-order valence-electron chi connectivity index (χ0n) is 16.6. The smallest absolute Gasteiger partial charge is 0.191 e.